The van der Waals surface area contributed by atoms with Gasteiger partial charge in [0.1, 0.15) is 11.4 Å². The van der Waals surface area contributed by atoms with Gasteiger partial charge in [-0.25, -0.2) is 13.2 Å². The molecule has 0 atom stereocenters. The summed E-state index contributed by atoms with van der Waals surface area (Å²) in [7, 11) is -3.30. The molecule has 1 saturated carbocycles. The predicted molar refractivity (Wildman–Crippen MR) is 95.0 cm³/mol. The molecule has 3 rings (SSSR count). The molecule has 140 valence electrons. The van der Waals surface area contributed by atoms with E-state index in [0.29, 0.717) is 36.8 Å². The smallest absolute Gasteiger partial charge is 0.374 e. The fourth-order valence-corrected chi connectivity index (χ4v) is 3.99. The van der Waals surface area contributed by atoms with Gasteiger partial charge in [0.05, 0.1) is 16.6 Å². The molecule has 2 aliphatic rings. The topological polar surface area (TPSA) is 86.7 Å². The number of rotatable bonds is 4. The second-order valence-electron chi connectivity index (χ2n) is 7.26. The molecule has 1 aromatic rings. The van der Waals surface area contributed by atoms with Gasteiger partial charge < -0.3 is 9.47 Å². The van der Waals surface area contributed by atoms with Crippen LogP contribution in [0, 0.1) is 0 Å². The van der Waals surface area contributed by atoms with Crippen molar-refractivity contribution in [3.8, 4) is 0 Å². The van der Waals surface area contributed by atoms with E-state index in [-0.39, 0.29) is 22.5 Å². The molecule has 1 heterocycles. The lowest BCUT2D eigenvalue weighted by atomic mass is 9.91. The van der Waals surface area contributed by atoms with Gasteiger partial charge in [0, 0.05) is 19.1 Å². The van der Waals surface area contributed by atoms with Crippen LogP contribution in [0.4, 0.5) is 0 Å². The molecule has 1 aliphatic carbocycles. The summed E-state index contributed by atoms with van der Waals surface area (Å²) in [5.74, 6) is -0.166. The van der Waals surface area contributed by atoms with Crippen molar-refractivity contribution in [2.24, 2.45) is 0 Å². The molecule has 1 fully saturated rings. The zero-order valence-corrected chi connectivity index (χ0v) is 15.9. The van der Waals surface area contributed by atoms with Crippen LogP contribution in [0.1, 0.15) is 45.1 Å². The third-order valence-electron chi connectivity index (χ3n) is 4.71. The van der Waals surface area contributed by atoms with Crippen LogP contribution in [-0.4, -0.2) is 38.1 Å². The Hall–Kier alpha value is -2.15. The first kappa shape index (κ1) is 18.6. The summed E-state index contributed by atoms with van der Waals surface area (Å²) < 4.78 is 34.7. The van der Waals surface area contributed by atoms with E-state index in [9.17, 15) is 18.0 Å². The van der Waals surface area contributed by atoms with E-state index in [1.807, 2.05) is 0 Å². The van der Waals surface area contributed by atoms with Gasteiger partial charge >= 0.3 is 5.97 Å². The Balaban J connectivity index is 1.97. The van der Waals surface area contributed by atoms with Crippen LogP contribution in [0.15, 0.2) is 34.9 Å². The molecule has 26 heavy (non-hydrogen) atoms. The Bertz CT molecular complexity index is 867. The molecule has 0 aromatic heterocycles. The third-order valence-corrected chi connectivity index (χ3v) is 5.84. The maximum atomic E-state index is 12.4. The highest BCUT2D eigenvalue weighted by atomic mass is 32.2. The molecule has 7 heteroatoms. The number of hydrogen-bond donors (Lipinski definition) is 0. The number of cyclic esters (lactones) is 1. The quantitative estimate of drug-likeness (QED) is 0.749. The van der Waals surface area contributed by atoms with Crippen molar-refractivity contribution in [1.29, 1.82) is 0 Å². The minimum absolute atomic E-state index is 0.154. The molecule has 0 spiro atoms. The molecule has 1 aromatic carbocycles. The number of carbonyl (C=O) groups is 2. The number of hydrogen-bond acceptors (Lipinski definition) is 6. The average molecular weight is 378 g/mol. The van der Waals surface area contributed by atoms with Gasteiger partial charge in [-0.2, -0.15) is 0 Å². The van der Waals surface area contributed by atoms with Crippen molar-refractivity contribution >= 4 is 27.2 Å². The molecule has 0 saturated heterocycles. The summed E-state index contributed by atoms with van der Waals surface area (Å²) in [4.78, 5) is 24.0. The maximum absolute atomic E-state index is 12.4. The van der Waals surface area contributed by atoms with Gasteiger partial charge in [0.2, 0.25) is 5.76 Å². The summed E-state index contributed by atoms with van der Waals surface area (Å²) in [6.07, 6.45) is 3.01. The zero-order valence-electron chi connectivity index (χ0n) is 15.1. The molecule has 0 N–H and O–H groups in total. The summed E-state index contributed by atoms with van der Waals surface area (Å²) in [6.45, 7) is 3.54. The summed E-state index contributed by atoms with van der Waals surface area (Å²) in [6, 6.07) is 6.33. The minimum atomic E-state index is -3.30. The molecule has 6 nitrogen and oxygen atoms in total. The first-order valence-electron chi connectivity index (χ1n) is 8.55. The first-order chi connectivity index (χ1) is 12.1. The SMILES string of the molecule is CC1(C)OC(=O)C(OC2CCC(=O)CC2)=C1c1ccc(S(C)(=O)=O)cc1. The van der Waals surface area contributed by atoms with Crippen LogP contribution >= 0.6 is 0 Å². The first-order valence-corrected chi connectivity index (χ1v) is 10.4. The van der Waals surface area contributed by atoms with Crippen LogP contribution in [0.25, 0.3) is 5.57 Å². The number of carbonyl (C=O) groups excluding carboxylic acids is 2. The number of Topliss-reactive ketones (excluding diaryl/α,β-unsaturated/α-hetero) is 1. The normalized spacial score (nSPS) is 21.0. The number of ketones is 1. The molecule has 0 bridgehead atoms. The van der Waals surface area contributed by atoms with Crippen LogP contribution < -0.4 is 0 Å². The fraction of sp³-hybridized carbons (Fsp3) is 0.474. The molecule has 0 unspecified atom stereocenters. The van der Waals surface area contributed by atoms with Gasteiger partial charge in [0.25, 0.3) is 0 Å². The van der Waals surface area contributed by atoms with Crippen molar-refractivity contribution in [1.82, 2.24) is 0 Å². The minimum Gasteiger partial charge on any atom is -0.483 e. The van der Waals surface area contributed by atoms with Crippen molar-refractivity contribution in [3.05, 3.63) is 35.6 Å². The molecular weight excluding hydrogens is 356 g/mol. The Morgan fingerprint density at radius 1 is 1.08 bits per heavy atom. The highest BCUT2D eigenvalue weighted by Crippen LogP contribution is 2.41. The molecule has 0 amide bonds. The van der Waals surface area contributed by atoms with E-state index in [1.165, 1.54) is 12.1 Å². The predicted octanol–water partition coefficient (Wildman–Crippen LogP) is 2.66. The van der Waals surface area contributed by atoms with E-state index in [1.54, 1.807) is 26.0 Å². The summed E-state index contributed by atoms with van der Waals surface area (Å²) in [5.41, 5.74) is 0.387. The number of benzene rings is 1. The Kier molecular flexibility index (Phi) is 4.69. The second kappa shape index (κ2) is 6.54. The Morgan fingerprint density at radius 3 is 2.19 bits per heavy atom. The monoisotopic (exact) mass is 378 g/mol. The second-order valence-corrected chi connectivity index (χ2v) is 9.27. The lowest BCUT2D eigenvalue weighted by molar-refractivity contribution is -0.148. The molecule has 1 aliphatic heterocycles. The summed E-state index contributed by atoms with van der Waals surface area (Å²) >= 11 is 0. The van der Waals surface area contributed by atoms with Crippen molar-refractivity contribution < 1.29 is 27.5 Å². The Morgan fingerprint density at radius 2 is 1.65 bits per heavy atom. The van der Waals surface area contributed by atoms with E-state index in [0.717, 1.165) is 6.26 Å². The van der Waals surface area contributed by atoms with Crippen LogP contribution in [0.2, 0.25) is 0 Å². The molecule has 0 radical (unpaired) electrons. The van der Waals surface area contributed by atoms with Gasteiger partial charge in [0.15, 0.2) is 9.84 Å². The standard InChI is InChI=1S/C19H22O6S/c1-19(2)16(12-4-10-15(11-5-12)26(3,22)23)17(18(21)25-19)24-14-8-6-13(20)7-9-14/h4-5,10-11,14H,6-9H2,1-3H3. The lowest BCUT2D eigenvalue weighted by Gasteiger charge is -2.23. The van der Waals surface area contributed by atoms with Gasteiger partial charge in [-0.15, -0.1) is 0 Å². The van der Waals surface area contributed by atoms with Crippen LogP contribution in [0.3, 0.4) is 0 Å². The van der Waals surface area contributed by atoms with Gasteiger partial charge in [-0.05, 0) is 44.4 Å². The lowest BCUT2D eigenvalue weighted by Crippen LogP contribution is -2.22. The van der Waals surface area contributed by atoms with Crippen molar-refractivity contribution in [2.45, 2.75) is 56.1 Å². The highest BCUT2D eigenvalue weighted by molar-refractivity contribution is 7.90. The number of sulfone groups is 1. The maximum Gasteiger partial charge on any atom is 0.374 e. The van der Waals surface area contributed by atoms with Crippen LogP contribution in [0.5, 0.6) is 0 Å². The average Bonchev–Trinajstić information content (AvgIpc) is 2.77. The number of esters is 1. The Labute approximate surface area is 153 Å². The van der Waals surface area contributed by atoms with E-state index < -0.39 is 21.4 Å². The van der Waals surface area contributed by atoms with Crippen LogP contribution in [-0.2, 0) is 28.9 Å². The number of ether oxygens (including phenoxy) is 2. The third kappa shape index (κ3) is 3.67. The van der Waals surface area contributed by atoms with Gasteiger partial charge in [-0.1, -0.05) is 12.1 Å². The molecular formula is C19H22O6S. The fourth-order valence-electron chi connectivity index (χ4n) is 3.36. The van der Waals surface area contributed by atoms with E-state index in [2.05, 4.69) is 0 Å². The summed E-state index contributed by atoms with van der Waals surface area (Å²) in [5, 5.41) is 0. The largest absolute Gasteiger partial charge is 0.483 e. The van der Waals surface area contributed by atoms with E-state index in [4.69, 9.17) is 9.47 Å². The highest BCUT2D eigenvalue weighted by Gasteiger charge is 2.43. The van der Waals surface area contributed by atoms with E-state index >= 15 is 0 Å². The van der Waals surface area contributed by atoms with Crippen molar-refractivity contribution in [3.63, 3.8) is 0 Å². The zero-order chi connectivity index (χ0) is 19.1. The van der Waals surface area contributed by atoms with Gasteiger partial charge in [-0.3, -0.25) is 4.79 Å². The van der Waals surface area contributed by atoms with Crippen molar-refractivity contribution in [2.75, 3.05) is 6.26 Å².